The number of pyridine rings is 1. The average Bonchev–Trinajstić information content (AvgIpc) is 2.76. The van der Waals surface area contributed by atoms with Crippen molar-refractivity contribution in [2.45, 2.75) is 26.7 Å². The second-order valence-corrected chi connectivity index (χ2v) is 5.62. The van der Waals surface area contributed by atoms with Gasteiger partial charge in [-0.3, -0.25) is 9.48 Å². The van der Waals surface area contributed by atoms with E-state index < -0.39 is 0 Å². The van der Waals surface area contributed by atoms with Crippen molar-refractivity contribution in [3.8, 4) is 0 Å². The Kier molecular flexibility index (Phi) is 3.60. The molecule has 0 fully saturated rings. The maximum absolute atomic E-state index is 13.1. The number of rotatable bonds is 3. The minimum Gasteiger partial charge on any atom is -0.324 e. The van der Waals surface area contributed by atoms with Crippen LogP contribution in [0.2, 0.25) is 0 Å². The lowest BCUT2D eigenvalue weighted by Crippen LogP contribution is -2.32. The molecule has 6 nitrogen and oxygen atoms in total. The molecule has 0 unspecified atom stereocenters. The number of anilines is 3. The van der Waals surface area contributed by atoms with E-state index in [9.17, 15) is 4.79 Å². The molecular formula is C16H21N5O. The molecule has 1 aliphatic heterocycles. The summed E-state index contributed by atoms with van der Waals surface area (Å²) in [5.41, 5.74) is 3.15. The van der Waals surface area contributed by atoms with Crippen molar-refractivity contribution >= 4 is 23.1 Å². The van der Waals surface area contributed by atoms with Crippen molar-refractivity contribution in [2.24, 2.45) is 7.05 Å². The summed E-state index contributed by atoms with van der Waals surface area (Å²) in [5.74, 6) is 0.784. The summed E-state index contributed by atoms with van der Waals surface area (Å²) in [6.07, 6.45) is 3.75. The summed E-state index contributed by atoms with van der Waals surface area (Å²) in [5, 5.41) is 4.42. The standard InChI is InChI=1S/C16H21N5O/c1-5-6-10-21-12-8-7-9-17-15(12)19(3)13-11(2)18-20(4)14(13)16(21)22/h7-9H,5-6,10H2,1-4H3. The molecule has 0 bridgehead atoms. The van der Waals surface area contributed by atoms with E-state index in [0.717, 1.165) is 35.7 Å². The average molecular weight is 299 g/mol. The lowest BCUT2D eigenvalue weighted by Gasteiger charge is -2.23. The number of unbranched alkanes of at least 4 members (excludes halogenated alkanes) is 1. The number of nitrogens with zero attached hydrogens (tertiary/aromatic N) is 5. The van der Waals surface area contributed by atoms with Crippen LogP contribution < -0.4 is 9.80 Å². The predicted octanol–water partition coefficient (Wildman–Crippen LogP) is 2.65. The maximum atomic E-state index is 13.1. The number of carbonyl (C=O) groups excluding carboxylic acids is 1. The maximum Gasteiger partial charge on any atom is 0.278 e. The molecule has 3 heterocycles. The number of fused-ring (bicyclic) bond motifs is 2. The smallest absolute Gasteiger partial charge is 0.278 e. The van der Waals surface area contributed by atoms with Crippen LogP contribution in [-0.4, -0.2) is 34.3 Å². The third-order valence-electron chi connectivity index (χ3n) is 4.08. The molecule has 116 valence electrons. The number of aromatic nitrogens is 3. The van der Waals surface area contributed by atoms with E-state index in [4.69, 9.17) is 0 Å². The van der Waals surface area contributed by atoms with Crippen LogP contribution in [0.4, 0.5) is 17.2 Å². The summed E-state index contributed by atoms with van der Waals surface area (Å²) in [7, 11) is 3.76. The van der Waals surface area contributed by atoms with E-state index in [1.807, 2.05) is 43.0 Å². The molecule has 2 aromatic rings. The first-order valence-electron chi connectivity index (χ1n) is 7.60. The quantitative estimate of drug-likeness (QED) is 0.874. The molecule has 0 spiro atoms. The van der Waals surface area contributed by atoms with Crippen molar-refractivity contribution in [3.05, 3.63) is 29.7 Å². The van der Waals surface area contributed by atoms with Gasteiger partial charge >= 0.3 is 0 Å². The van der Waals surface area contributed by atoms with Gasteiger partial charge in [-0.15, -0.1) is 0 Å². The first-order chi connectivity index (χ1) is 10.6. The van der Waals surface area contributed by atoms with Gasteiger partial charge in [-0.25, -0.2) is 4.98 Å². The Morgan fingerprint density at radius 2 is 2.05 bits per heavy atom. The van der Waals surface area contributed by atoms with Crippen LogP contribution in [0.25, 0.3) is 0 Å². The number of carbonyl (C=O) groups is 1. The molecule has 0 aliphatic carbocycles. The summed E-state index contributed by atoms with van der Waals surface area (Å²) in [6.45, 7) is 4.73. The lowest BCUT2D eigenvalue weighted by molar-refractivity contribution is 0.0979. The van der Waals surface area contributed by atoms with E-state index in [-0.39, 0.29) is 5.91 Å². The number of hydrogen-bond donors (Lipinski definition) is 0. The van der Waals surface area contributed by atoms with Gasteiger partial charge in [-0.05, 0) is 25.5 Å². The zero-order chi connectivity index (χ0) is 15.9. The van der Waals surface area contributed by atoms with Crippen molar-refractivity contribution in [2.75, 3.05) is 23.4 Å². The van der Waals surface area contributed by atoms with Gasteiger partial charge in [0.25, 0.3) is 5.91 Å². The first kappa shape index (κ1) is 14.6. The summed E-state index contributed by atoms with van der Waals surface area (Å²) < 4.78 is 1.67. The minimum atomic E-state index is -0.00912. The van der Waals surface area contributed by atoms with Crippen molar-refractivity contribution in [3.63, 3.8) is 0 Å². The van der Waals surface area contributed by atoms with E-state index in [1.54, 1.807) is 10.9 Å². The number of amides is 1. The van der Waals surface area contributed by atoms with Crippen LogP contribution in [0, 0.1) is 6.92 Å². The van der Waals surface area contributed by atoms with Gasteiger partial charge in [0.1, 0.15) is 0 Å². The van der Waals surface area contributed by atoms with Gasteiger partial charge in [0.05, 0.1) is 17.1 Å². The highest BCUT2D eigenvalue weighted by molar-refractivity contribution is 6.12. The molecule has 0 radical (unpaired) electrons. The molecule has 0 N–H and O–H groups in total. The van der Waals surface area contributed by atoms with Gasteiger partial charge < -0.3 is 9.80 Å². The van der Waals surface area contributed by atoms with Crippen molar-refractivity contribution in [1.29, 1.82) is 0 Å². The molecule has 2 aromatic heterocycles. The molecule has 0 atom stereocenters. The highest BCUT2D eigenvalue weighted by atomic mass is 16.2. The van der Waals surface area contributed by atoms with E-state index in [1.165, 1.54) is 0 Å². The Balaban J connectivity index is 2.23. The van der Waals surface area contributed by atoms with E-state index in [2.05, 4.69) is 17.0 Å². The summed E-state index contributed by atoms with van der Waals surface area (Å²) >= 11 is 0. The van der Waals surface area contributed by atoms with Crippen LogP contribution in [0.3, 0.4) is 0 Å². The first-order valence-corrected chi connectivity index (χ1v) is 7.60. The Morgan fingerprint density at radius 1 is 1.27 bits per heavy atom. The van der Waals surface area contributed by atoms with Gasteiger partial charge in [0, 0.05) is 26.8 Å². The number of aryl methyl sites for hydroxylation is 2. The van der Waals surface area contributed by atoms with Gasteiger partial charge in [-0.2, -0.15) is 5.10 Å². The third kappa shape index (κ3) is 2.06. The van der Waals surface area contributed by atoms with Crippen LogP contribution in [0.1, 0.15) is 35.9 Å². The summed E-state index contributed by atoms with van der Waals surface area (Å²) in [6, 6.07) is 3.83. The second kappa shape index (κ2) is 5.44. The Labute approximate surface area is 130 Å². The number of hydrogen-bond acceptors (Lipinski definition) is 4. The fourth-order valence-corrected chi connectivity index (χ4v) is 3.03. The van der Waals surface area contributed by atoms with E-state index in [0.29, 0.717) is 12.2 Å². The fourth-order valence-electron chi connectivity index (χ4n) is 3.03. The largest absolute Gasteiger partial charge is 0.324 e. The summed E-state index contributed by atoms with van der Waals surface area (Å²) in [4.78, 5) is 21.4. The lowest BCUT2D eigenvalue weighted by atomic mass is 10.2. The molecule has 1 amide bonds. The molecule has 22 heavy (non-hydrogen) atoms. The van der Waals surface area contributed by atoms with Crippen LogP contribution >= 0.6 is 0 Å². The van der Waals surface area contributed by atoms with Crippen LogP contribution in [-0.2, 0) is 7.05 Å². The Bertz CT molecular complexity index is 721. The molecule has 6 heteroatoms. The monoisotopic (exact) mass is 299 g/mol. The Hall–Kier alpha value is -2.37. The highest BCUT2D eigenvalue weighted by Crippen LogP contribution is 2.39. The molecule has 0 saturated heterocycles. The van der Waals surface area contributed by atoms with E-state index >= 15 is 0 Å². The van der Waals surface area contributed by atoms with Crippen LogP contribution in [0.5, 0.6) is 0 Å². The third-order valence-corrected chi connectivity index (χ3v) is 4.08. The predicted molar refractivity (Wildman–Crippen MR) is 86.8 cm³/mol. The molecule has 0 saturated carbocycles. The SMILES string of the molecule is CCCCN1C(=O)c2c(c(C)nn2C)N(C)c2ncccc21. The molecule has 3 rings (SSSR count). The van der Waals surface area contributed by atoms with Gasteiger partial charge in [0.2, 0.25) is 0 Å². The molecule has 1 aliphatic rings. The highest BCUT2D eigenvalue weighted by Gasteiger charge is 2.34. The zero-order valence-corrected chi connectivity index (χ0v) is 13.5. The zero-order valence-electron chi connectivity index (χ0n) is 13.5. The Morgan fingerprint density at radius 3 is 2.77 bits per heavy atom. The molecule has 0 aromatic carbocycles. The van der Waals surface area contributed by atoms with Crippen molar-refractivity contribution < 1.29 is 4.79 Å². The topological polar surface area (TPSA) is 54.3 Å². The van der Waals surface area contributed by atoms with Gasteiger partial charge in [0.15, 0.2) is 11.5 Å². The second-order valence-electron chi connectivity index (χ2n) is 5.62. The minimum absolute atomic E-state index is 0.00912. The normalized spacial score (nSPS) is 13.9. The van der Waals surface area contributed by atoms with Gasteiger partial charge in [-0.1, -0.05) is 13.3 Å². The van der Waals surface area contributed by atoms with Crippen LogP contribution in [0.15, 0.2) is 18.3 Å². The van der Waals surface area contributed by atoms with Crippen molar-refractivity contribution in [1.82, 2.24) is 14.8 Å². The molecular weight excluding hydrogens is 278 g/mol. The fraction of sp³-hybridized carbons (Fsp3) is 0.438.